The number of anilines is 1. The maximum atomic E-state index is 12.5. The molecule has 3 rings (SSSR count). The summed E-state index contributed by atoms with van der Waals surface area (Å²) in [7, 11) is 3.24. The Morgan fingerprint density at radius 2 is 2.19 bits per heavy atom. The van der Waals surface area contributed by atoms with Gasteiger partial charge in [0.1, 0.15) is 16.5 Å². The molecule has 6 nitrogen and oxygen atoms in total. The number of rotatable bonds is 6. The number of nitrogens with zero attached hydrogens (tertiary/aromatic N) is 1. The number of thiophene rings is 1. The maximum absolute atomic E-state index is 12.5. The summed E-state index contributed by atoms with van der Waals surface area (Å²) in [6.07, 6.45) is 2.84. The van der Waals surface area contributed by atoms with Gasteiger partial charge in [-0.05, 0) is 56.8 Å². The first-order valence-electron chi connectivity index (χ1n) is 9.14. The Kier molecular flexibility index (Phi) is 6.01. The van der Waals surface area contributed by atoms with Crippen LogP contribution < -0.4 is 5.32 Å². The van der Waals surface area contributed by atoms with Crippen molar-refractivity contribution in [2.24, 2.45) is 5.92 Å². The number of aryl methyl sites for hydroxylation is 1. The number of fused-ring (bicyclic) bond motifs is 1. The number of amides is 1. The third-order valence-electron chi connectivity index (χ3n) is 4.79. The molecule has 0 unspecified atom stereocenters. The molecule has 0 bridgehead atoms. The van der Waals surface area contributed by atoms with Crippen molar-refractivity contribution < 1.29 is 18.7 Å². The van der Waals surface area contributed by atoms with Crippen LogP contribution in [0.15, 0.2) is 16.5 Å². The Morgan fingerprint density at radius 1 is 1.41 bits per heavy atom. The molecule has 27 heavy (non-hydrogen) atoms. The third-order valence-corrected chi connectivity index (χ3v) is 5.96. The number of esters is 1. The summed E-state index contributed by atoms with van der Waals surface area (Å²) >= 11 is 1.50. The standard InChI is InChI=1S/C20H26N2O4S/c1-12-5-8-15-16(9-12)27-19(18(15)20(24)25-4)21-17(23)11-22(3)10-14-7-6-13(2)26-14/h6-7,12H,5,8-11H2,1-4H3,(H,21,23)/t12-/m1/s1. The zero-order valence-electron chi connectivity index (χ0n) is 16.3. The van der Waals surface area contributed by atoms with Gasteiger partial charge in [0, 0.05) is 4.88 Å². The fourth-order valence-corrected chi connectivity index (χ4v) is 4.88. The van der Waals surface area contributed by atoms with Gasteiger partial charge < -0.3 is 14.5 Å². The third kappa shape index (κ3) is 4.59. The Bertz CT molecular complexity index is 839. The predicted molar refractivity (Wildman–Crippen MR) is 105 cm³/mol. The monoisotopic (exact) mass is 390 g/mol. The zero-order chi connectivity index (χ0) is 19.6. The number of likely N-dealkylation sites (N-methyl/N-ethyl adjacent to an activating group) is 1. The molecule has 0 spiro atoms. The van der Waals surface area contributed by atoms with Gasteiger partial charge >= 0.3 is 5.97 Å². The molecule has 7 heteroatoms. The molecule has 1 amide bonds. The lowest BCUT2D eigenvalue weighted by atomic mass is 9.88. The summed E-state index contributed by atoms with van der Waals surface area (Å²) in [4.78, 5) is 27.9. The van der Waals surface area contributed by atoms with E-state index >= 15 is 0 Å². The van der Waals surface area contributed by atoms with E-state index in [9.17, 15) is 9.59 Å². The molecule has 0 radical (unpaired) electrons. The normalized spacial score (nSPS) is 16.3. The molecule has 2 aromatic rings. The van der Waals surface area contributed by atoms with Crippen LogP contribution in [-0.4, -0.2) is 37.5 Å². The van der Waals surface area contributed by atoms with E-state index in [-0.39, 0.29) is 18.4 Å². The lowest BCUT2D eigenvalue weighted by Crippen LogP contribution is -2.30. The number of nitrogens with one attached hydrogen (secondary N) is 1. The van der Waals surface area contributed by atoms with Crippen molar-refractivity contribution in [2.75, 3.05) is 26.0 Å². The second kappa shape index (κ2) is 8.27. The van der Waals surface area contributed by atoms with Crippen molar-refractivity contribution in [3.8, 4) is 0 Å². The molecule has 1 aliphatic rings. The van der Waals surface area contributed by atoms with Crippen LogP contribution in [0.25, 0.3) is 0 Å². The van der Waals surface area contributed by atoms with Crippen LogP contribution in [0.2, 0.25) is 0 Å². The van der Waals surface area contributed by atoms with Crippen LogP contribution in [0.3, 0.4) is 0 Å². The van der Waals surface area contributed by atoms with Crippen LogP contribution >= 0.6 is 11.3 Å². The second-order valence-electron chi connectivity index (χ2n) is 7.28. The van der Waals surface area contributed by atoms with Crippen molar-refractivity contribution in [1.29, 1.82) is 0 Å². The molecule has 1 aliphatic carbocycles. The highest BCUT2D eigenvalue weighted by Crippen LogP contribution is 2.40. The molecule has 0 saturated heterocycles. The number of carbonyl (C=O) groups excluding carboxylic acids is 2. The summed E-state index contributed by atoms with van der Waals surface area (Å²) in [5, 5.41) is 3.53. The van der Waals surface area contributed by atoms with Gasteiger partial charge in [0.25, 0.3) is 0 Å². The lowest BCUT2D eigenvalue weighted by molar-refractivity contribution is -0.117. The number of methoxy groups -OCH3 is 1. The van der Waals surface area contributed by atoms with E-state index in [1.54, 1.807) is 0 Å². The molecule has 0 aromatic carbocycles. The number of hydrogen-bond donors (Lipinski definition) is 1. The van der Waals surface area contributed by atoms with Gasteiger partial charge in [-0.15, -0.1) is 11.3 Å². The SMILES string of the molecule is COC(=O)c1c(NC(=O)CN(C)Cc2ccc(C)o2)sc2c1CC[C@@H](C)C2. The molecule has 0 fully saturated rings. The number of carbonyl (C=O) groups is 2. The lowest BCUT2D eigenvalue weighted by Gasteiger charge is -2.18. The van der Waals surface area contributed by atoms with Gasteiger partial charge in [-0.3, -0.25) is 9.69 Å². The average Bonchev–Trinajstić information content (AvgIpc) is 3.16. The van der Waals surface area contributed by atoms with Crippen LogP contribution in [0.5, 0.6) is 0 Å². The summed E-state index contributed by atoms with van der Waals surface area (Å²) in [6, 6.07) is 3.82. The highest BCUT2D eigenvalue weighted by atomic mass is 32.1. The van der Waals surface area contributed by atoms with Gasteiger partial charge in [-0.2, -0.15) is 0 Å². The average molecular weight is 391 g/mol. The quantitative estimate of drug-likeness (QED) is 0.763. The van der Waals surface area contributed by atoms with Crippen molar-refractivity contribution >= 4 is 28.2 Å². The van der Waals surface area contributed by atoms with Gasteiger partial charge in [-0.1, -0.05) is 6.92 Å². The van der Waals surface area contributed by atoms with E-state index in [1.807, 2.05) is 31.0 Å². The highest BCUT2D eigenvalue weighted by Gasteiger charge is 2.29. The number of hydrogen-bond acceptors (Lipinski definition) is 6. The first-order valence-corrected chi connectivity index (χ1v) is 9.95. The van der Waals surface area contributed by atoms with E-state index in [0.29, 0.717) is 23.0 Å². The zero-order valence-corrected chi connectivity index (χ0v) is 17.1. The predicted octanol–water partition coefficient (Wildman–Crippen LogP) is 3.63. The molecule has 0 aliphatic heterocycles. The van der Waals surface area contributed by atoms with Gasteiger partial charge in [0.2, 0.25) is 5.91 Å². The van der Waals surface area contributed by atoms with E-state index in [0.717, 1.165) is 36.3 Å². The molecular formula is C20H26N2O4S. The van der Waals surface area contributed by atoms with E-state index in [1.165, 1.54) is 23.3 Å². The minimum atomic E-state index is -0.378. The first-order chi connectivity index (χ1) is 12.9. The topological polar surface area (TPSA) is 71.8 Å². The van der Waals surface area contributed by atoms with Crippen LogP contribution in [0, 0.1) is 12.8 Å². The Hall–Kier alpha value is -2.12. The van der Waals surface area contributed by atoms with E-state index < -0.39 is 0 Å². The van der Waals surface area contributed by atoms with Crippen LogP contribution in [0.4, 0.5) is 5.00 Å². The first kappa shape index (κ1) is 19.6. The molecular weight excluding hydrogens is 364 g/mol. The Labute approximate surface area is 163 Å². The molecule has 0 saturated carbocycles. The fraction of sp³-hybridized carbons (Fsp3) is 0.500. The van der Waals surface area contributed by atoms with Crippen molar-refractivity contribution in [1.82, 2.24) is 4.90 Å². The van der Waals surface area contributed by atoms with Crippen molar-refractivity contribution in [2.45, 2.75) is 39.7 Å². The highest BCUT2D eigenvalue weighted by molar-refractivity contribution is 7.17. The molecule has 2 heterocycles. The summed E-state index contributed by atoms with van der Waals surface area (Å²) in [5.41, 5.74) is 1.57. The van der Waals surface area contributed by atoms with Gasteiger partial charge in [-0.25, -0.2) is 4.79 Å². The van der Waals surface area contributed by atoms with E-state index in [2.05, 4.69) is 12.2 Å². The van der Waals surface area contributed by atoms with Crippen molar-refractivity contribution in [3.05, 3.63) is 39.7 Å². The van der Waals surface area contributed by atoms with Crippen LogP contribution in [0.1, 0.15) is 45.7 Å². The molecule has 1 atom stereocenters. The largest absolute Gasteiger partial charge is 0.465 e. The summed E-state index contributed by atoms with van der Waals surface area (Å²) in [5.74, 6) is 1.73. The fourth-order valence-electron chi connectivity index (χ4n) is 3.46. The van der Waals surface area contributed by atoms with Crippen LogP contribution in [-0.2, 0) is 28.9 Å². The minimum Gasteiger partial charge on any atom is -0.465 e. The number of furan rings is 1. The Morgan fingerprint density at radius 3 is 2.85 bits per heavy atom. The number of ether oxygens (including phenoxy) is 1. The maximum Gasteiger partial charge on any atom is 0.341 e. The van der Waals surface area contributed by atoms with Gasteiger partial charge in [0.05, 0.1) is 25.8 Å². The van der Waals surface area contributed by atoms with Gasteiger partial charge in [0.15, 0.2) is 0 Å². The minimum absolute atomic E-state index is 0.155. The second-order valence-corrected chi connectivity index (χ2v) is 8.39. The summed E-state index contributed by atoms with van der Waals surface area (Å²) in [6.45, 7) is 4.86. The Balaban J connectivity index is 1.70. The smallest absolute Gasteiger partial charge is 0.341 e. The molecule has 146 valence electrons. The van der Waals surface area contributed by atoms with E-state index in [4.69, 9.17) is 9.15 Å². The summed E-state index contributed by atoms with van der Waals surface area (Å²) < 4.78 is 10.5. The van der Waals surface area contributed by atoms with Crippen molar-refractivity contribution in [3.63, 3.8) is 0 Å². The molecule has 2 aromatic heterocycles. The molecule has 1 N–H and O–H groups in total.